The van der Waals surface area contributed by atoms with E-state index in [1.54, 1.807) is 12.3 Å². The number of carboxylic acids is 2. The molecule has 14 nitrogen and oxygen atoms in total. The summed E-state index contributed by atoms with van der Waals surface area (Å²) in [5.74, 6) is -6.10. The molecule has 198 valence electrons. The average Bonchev–Trinajstić information content (AvgIpc) is 3.49. The van der Waals surface area contributed by atoms with Crippen LogP contribution in [0.2, 0.25) is 0 Å². The molecule has 0 spiro atoms. The smallest absolute Gasteiger partial charge is 0.322 e. The summed E-state index contributed by atoms with van der Waals surface area (Å²) in [6.07, 6.45) is 0. The highest BCUT2D eigenvalue weighted by atomic mass is 32.1. The SMILES string of the molecule is Cc1csc2c(On3c(=O)c(C(=O)NCC(=O)O)c(O)c4sccc43)c(C(=O)NCC(=O)O)c(=O)n(C)c12. The molecule has 0 saturated heterocycles. The number of carbonyl (C=O) groups excluding carboxylic acids is 2. The van der Waals surface area contributed by atoms with Gasteiger partial charge in [-0.2, -0.15) is 0 Å². The molecule has 0 aromatic carbocycles. The molecule has 0 atom stereocenters. The second-order valence-electron chi connectivity index (χ2n) is 7.87. The lowest BCUT2D eigenvalue weighted by Crippen LogP contribution is -2.38. The molecule has 4 aromatic rings. The molecule has 4 aromatic heterocycles. The van der Waals surface area contributed by atoms with E-state index in [0.29, 0.717) is 15.8 Å². The third-order valence-electron chi connectivity index (χ3n) is 5.38. The third kappa shape index (κ3) is 4.46. The van der Waals surface area contributed by atoms with Gasteiger partial charge in [0.15, 0.2) is 22.6 Å². The van der Waals surface area contributed by atoms with Crippen LogP contribution < -0.4 is 26.6 Å². The molecule has 0 unspecified atom stereocenters. The summed E-state index contributed by atoms with van der Waals surface area (Å²) in [6.45, 7) is 0.0739. The summed E-state index contributed by atoms with van der Waals surface area (Å²) in [4.78, 5) is 80.0. The lowest BCUT2D eigenvalue weighted by molar-refractivity contribution is -0.136. The number of thiophene rings is 2. The zero-order valence-corrected chi connectivity index (χ0v) is 21.2. The average molecular weight is 563 g/mol. The number of nitrogens with zero attached hydrogens (tertiary/aromatic N) is 2. The van der Waals surface area contributed by atoms with E-state index >= 15 is 0 Å². The maximum Gasteiger partial charge on any atom is 0.322 e. The number of aromatic hydroxyl groups is 1. The van der Waals surface area contributed by atoms with Crippen molar-refractivity contribution in [1.82, 2.24) is 19.9 Å². The zero-order chi connectivity index (χ0) is 27.9. The highest BCUT2D eigenvalue weighted by Gasteiger charge is 2.29. The minimum Gasteiger partial charge on any atom is -0.505 e. The normalized spacial score (nSPS) is 11.0. The lowest BCUT2D eigenvalue weighted by atomic mass is 10.2. The quantitative estimate of drug-likeness (QED) is 0.200. The van der Waals surface area contributed by atoms with Crippen LogP contribution in [0, 0.1) is 6.92 Å². The highest BCUT2D eigenvalue weighted by molar-refractivity contribution is 7.18. The molecule has 5 N–H and O–H groups in total. The first-order chi connectivity index (χ1) is 17.9. The molecule has 0 aliphatic rings. The van der Waals surface area contributed by atoms with E-state index in [-0.39, 0.29) is 20.7 Å². The van der Waals surface area contributed by atoms with Crippen molar-refractivity contribution in [3.8, 4) is 11.5 Å². The Labute approximate surface area is 218 Å². The van der Waals surface area contributed by atoms with Gasteiger partial charge in [0.1, 0.15) is 18.6 Å². The second kappa shape index (κ2) is 9.98. The van der Waals surface area contributed by atoms with Crippen molar-refractivity contribution >= 4 is 66.9 Å². The zero-order valence-electron chi connectivity index (χ0n) is 19.6. The predicted octanol–water partition coefficient (Wildman–Crippen LogP) is 0.461. The molecule has 0 radical (unpaired) electrons. The van der Waals surface area contributed by atoms with E-state index in [4.69, 9.17) is 15.1 Å². The minimum absolute atomic E-state index is 0.00807. The molecular weight excluding hydrogens is 544 g/mol. The van der Waals surface area contributed by atoms with Crippen LogP contribution in [0.25, 0.3) is 20.4 Å². The fourth-order valence-electron chi connectivity index (χ4n) is 3.72. The number of rotatable bonds is 8. The first kappa shape index (κ1) is 26.4. The maximum atomic E-state index is 13.4. The van der Waals surface area contributed by atoms with E-state index < -0.39 is 64.8 Å². The van der Waals surface area contributed by atoms with Crippen LogP contribution in [-0.4, -0.2) is 61.5 Å². The van der Waals surface area contributed by atoms with Crippen molar-refractivity contribution in [2.24, 2.45) is 7.05 Å². The molecule has 4 rings (SSSR count). The van der Waals surface area contributed by atoms with Crippen molar-refractivity contribution in [3.63, 3.8) is 0 Å². The standard InChI is InChI=1S/C22H18N4O10S2/c1-8-7-38-18-14(8)25(2)21(34)13(20(33)24-6-11(29)30)16(18)36-26-9-3-4-37-17(9)15(31)12(22(26)35)19(32)23-5-10(27)28/h3-4,7,31H,5-6H2,1-2H3,(H,23,32)(H,24,33)(H,27,28)(H,29,30). The Morgan fingerprint density at radius 2 is 1.55 bits per heavy atom. The lowest BCUT2D eigenvalue weighted by Gasteiger charge is -2.17. The van der Waals surface area contributed by atoms with E-state index in [0.717, 1.165) is 22.7 Å². The number of aliphatic carboxylic acids is 2. The minimum atomic E-state index is -1.39. The molecule has 16 heteroatoms. The van der Waals surface area contributed by atoms with Gasteiger partial charge in [-0.15, -0.1) is 27.4 Å². The first-order valence-electron chi connectivity index (χ1n) is 10.6. The van der Waals surface area contributed by atoms with Gasteiger partial charge in [0.25, 0.3) is 17.4 Å². The Hall–Kier alpha value is -4.70. The molecular formula is C22H18N4O10S2. The van der Waals surface area contributed by atoms with Gasteiger partial charge >= 0.3 is 17.5 Å². The van der Waals surface area contributed by atoms with Crippen molar-refractivity contribution in [2.75, 3.05) is 13.1 Å². The van der Waals surface area contributed by atoms with Crippen LogP contribution in [0.1, 0.15) is 26.3 Å². The predicted molar refractivity (Wildman–Crippen MR) is 136 cm³/mol. The van der Waals surface area contributed by atoms with Crippen LogP contribution >= 0.6 is 22.7 Å². The van der Waals surface area contributed by atoms with Gasteiger partial charge in [-0.1, -0.05) is 0 Å². The van der Waals surface area contributed by atoms with Crippen molar-refractivity contribution < 1.29 is 39.3 Å². The van der Waals surface area contributed by atoms with Gasteiger partial charge in [0.2, 0.25) is 0 Å². The van der Waals surface area contributed by atoms with Crippen LogP contribution in [-0.2, 0) is 16.6 Å². The van der Waals surface area contributed by atoms with Crippen molar-refractivity contribution in [1.29, 1.82) is 0 Å². The number of aromatic nitrogens is 2. The second-order valence-corrected chi connectivity index (χ2v) is 9.66. The summed E-state index contributed by atoms with van der Waals surface area (Å²) in [5.41, 5.74) is -2.42. The van der Waals surface area contributed by atoms with Crippen LogP contribution in [0.5, 0.6) is 11.5 Å². The van der Waals surface area contributed by atoms with Crippen LogP contribution in [0.15, 0.2) is 26.4 Å². The highest BCUT2D eigenvalue weighted by Crippen LogP contribution is 2.36. The number of fused-ring (bicyclic) bond motifs is 2. The number of carboxylic acid groups (broad SMARTS) is 2. The Balaban J connectivity index is 1.99. The number of hydrogen-bond acceptors (Lipinski definition) is 10. The van der Waals surface area contributed by atoms with E-state index in [9.17, 15) is 33.9 Å². The van der Waals surface area contributed by atoms with Crippen LogP contribution in [0.3, 0.4) is 0 Å². The molecule has 2 amide bonds. The summed E-state index contributed by atoms with van der Waals surface area (Å²) < 4.78 is 2.10. The van der Waals surface area contributed by atoms with Gasteiger partial charge in [-0.3, -0.25) is 28.8 Å². The summed E-state index contributed by atoms with van der Waals surface area (Å²) >= 11 is 2.03. The molecule has 0 aliphatic carbocycles. The summed E-state index contributed by atoms with van der Waals surface area (Å²) in [6, 6.07) is 1.39. The van der Waals surface area contributed by atoms with Crippen molar-refractivity contribution in [3.05, 3.63) is 54.2 Å². The Morgan fingerprint density at radius 3 is 2.16 bits per heavy atom. The Morgan fingerprint density at radius 1 is 0.947 bits per heavy atom. The van der Waals surface area contributed by atoms with Gasteiger partial charge in [0, 0.05) is 7.05 Å². The molecule has 0 fully saturated rings. The largest absolute Gasteiger partial charge is 0.505 e. The van der Waals surface area contributed by atoms with Crippen LogP contribution in [0.4, 0.5) is 0 Å². The van der Waals surface area contributed by atoms with Gasteiger partial charge in [0.05, 0.1) is 14.9 Å². The van der Waals surface area contributed by atoms with E-state index in [1.165, 1.54) is 23.1 Å². The maximum absolute atomic E-state index is 13.4. The molecule has 38 heavy (non-hydrogen) atoms. The Kier molecular flexibility index (Phi) is 6.93. The third-order valence-corrected chi connectivity index (χ3v) is 7.38. The van der Waals surface area contributed by atoms with E-state index in [2.05, 4.69) is 5.32 Å². The summed E-state index contributed by atoms with van der Waals surface area (Å²) in [7, 11) is 1.41. The van der Waals surface area contributed by atoms with Gasteiger partial charge in [-0.25, -0.2) is 0 Å². The number of carbonyl (C=O) groups is 4. The van der Waals surface area contributed by atoms with Gasteiger partial charge < -0.3 is 35.4 Å². The van der Waals surface area contributed by atoms with Crippen molar-refractivity contribution in [2.45, 2.75) is 6.92 Å². The number of amides is 2. The Bertz CT molecular complexity index is 1780. The molecule has 0 saturated carbocycles. The number of pyridine rings is 2. The number of nitrogens with one attached hydrogen (secondary N) is 2. The molecule has 4 heterocycles. The summed E-state index contributed by atoms with van der Waals surface area (Å²) in [5, 5.41) is 35.7. The van der Waals surface area contributed by atoms with Gasteiger partial charge in [-0.05, 0) is 29.3 Å². The topological polar surface area (TPSA) is 206 Å². The fraction of sp³-hybridized carbons (Fsp3) is 0.182. The fourth-order valence-corrected chi connectivity index (χ4v) is 5.60. The molecule has 0 bridgehead atoms. The first-order valence-corrected chi connectivity index (χ1v) is 12.3. The number of aryl methyl sites for hydroxylation is 2. The monoisotopic (exact) mass is 562 g/mol. The molecule has 0 aliphatic heterocycles. The number of hydrogen-bond donors (Lipinski definition) is 5. The van der Waals surface area contributed by atoms with E-state index in [1.807, 2.05) is 5.32 Å².